The Bertz CT molecular complexity index is 1460. The predicted molar refractivity (Wildman–Crippen MR) is 151 cm³/mol. The molecule has 0 unspecified atom stereocenters. The van der Waals surface area contributed by atoms with Gasteiger partial charge in [0.1, 0.15) is 11.4 Å². The first-order valence-electron chi connectivity index (χ1n) is 13.7. The van der Waals surface area contributed by atoms with Crippen molar-refractivity contribution in [2.24, 2.45) is 4.99 Å². The van der Waals surface area contributed by atoms with E-state index in [4.69, 9.17) is 9.73 Å². The lowest BCUT2D eigenvalue weighted by Gasteiger charge is -2.29. The fraction of sp³-hybridized carbons (Fsp3) is 0.323. The molecule has 0 aliphatic carbocycles. The van der Waals surface area contributed by atoms with E-state index < -0.39 is 5.54 Å². The summed E-state index contributed by atoms with van der Waals surface area (Å²) in [5, 5.41) is 14.8. The quantitative estimate of drug-likeness (QED) is 0.322. The average Bonchev–Trinajstić information content (AvgIpc) is 3.61. The topological polar surface area (TPSA) is 96.4 Å². The first kappa shape index (κ1) is 25.1. The van der Waals surface area contributed by atoms with E-state index in [2.05, 4.69) is 76.1 Å². The Morgan fingerprint density at radius 3 is 2.41 bits per heavy atom. The minimum atomic E-state index is -0.640. The molecule has 1 aromatic heterocycles. The molecule has 8 nitrogen and oxygen atoms in total. The number of nitrogens with zero attached hydrogens (tertiary/aromatic N) is 5. The number of carbonyl (C=O) groups is 1. The van der Waals surface area contributed by atoms with Gasteiger partial charge in [-0.25, -0.2) is 0 Å². The standard InChI is InChI=1S/C31H32N6O2/c1-2-3-9-28-32-31(16-18-39-19-17-31)30(38)37(28)21-22-10-12-24(13-11-22)27-20-25(23-7-5-4-6-8-23)14-15-26(27)29-33-35-36-34-29/h4-8,10-15,20H,2-3,9,16-19,21H2,1H3,(H,33,34,35,36). The largest absolute Gasteiger partial charge is 0.381 e. The third kappa shape index (κ3) is 5.00. The highest BCUT2D eigenvalue weighted by molar-refractivity contribution is 6.08. The maximum atomic E-state index is 13.6. The highest BCUT2D eigenvalue weighted by Gasteiger charge is 2.48. The summed E-state index contributed by atoms with van der Waals surface area (Å²) in [6, 6.07) is 25.0. The summed E-state index contributed by atoms with van der Waals surface area (Å²) in [7, 11) is 0. The Balaban J connectivity index is 1.30. The number of aliphatic imine (C=N–C) groups is 1. The fourth-order valence-electron chi connectivity index (χ4n) is 5.48. The van der Waals surface area contributed by atoms with Gasteiger partial charge in [0.05, 0.1) is 6.54 Å². The number of aromatic nitrogens is 4. The van der Waals surface area contributed by atoms with Gasteiger partial charge < -0.3 is 4.74 Å². The molecule has 2 aliphatic rings. The Morgan fingerprint density at radius 1 is 0.923 bits per heavy atom. The van der Waals surface area contributed by atoms with Crippen molar-refractivity contribution in [3.8, 4) is 33.6 Å². The van der Waals surface area contributed by atoms with Crippen LogP contribution in [0.3, 0.4) is 0 Å². The van der Waals surface area contributed by atoms with Gasteiger partial charge in [-0.1, -0.05) is 74.0 Å². The van der Waals surface area contributed by atoms with Crippen LogP contribution in [0.5, 0.6) is 0 Å². The van der Waals surface area contributed by atoms with Crippen molar-refractivity contribution in [3.05, 3.63) is 78.4 Å². The number of rotatable bonds is 8. The summed E-state index contributed by atoms with van der Waals surface area (Å²) < 4.78 is 5.55. The van der Waals surface area contributed by atoms with Gasteiger partial charge in [0, 0.05) is 38.0 Å². The molecule has 39 heavy (non-hydrogen) atoms. The Hall–Kier alpha value is -4.17. The molecule has 0 bridgehead atoms. The number of nitrogens with one attached hydrogen (secondary N) is 1. The number of amidine groups is 1. The van der Waals surface area contributed by atoms with Crippen molar-refractivity contribution in [2.75, 3.05) is 13.2 Å². The summed E-state index contributed by atoms with van der Waals surface area (Å²) in [6.07, 6.45) is 4.23. The number of hydrogen-bond donors (Lipinski definition) is 1. The lowest BCUT2D eigenvalue weighted by atomic mass is 9.90. The molecule has 1 amide bonds. The second-order valence-electron chi connectivity index (χ2n) is 10.2. The lowest BCUT2D eigenvalue weighted by Crippen LogP contribution is -2.45. The zero-order chi connectivity index (χ0) is 26.7. The van der Waals surface area contributed by atoms with Gasteiger partial charge in [0.25, 0.3) is 5.91 Å². The number of benzene rings is 3. The molecule has 1 spiro atoms. The number of ether oxygens (including phenoxy) is 1. The minimum absolute atomic E-state index is 0.121. The van der Waals surface area contributed by atoms with Gasteiger partial charge in [0.2, 0.25) is 5.82 Å². The SMILES string of the molecule is CCCCC1=NC2(CCOCC2)C(=O)N1Cc1ccc(-c2cc(-c3ccccc3)ccc2-c2nn[nH]n2)cc1. The number of unbranched alkanes of at least 4 members (excludes halogenated alkanes) is 1. The second kappa shape index (κ2) is 10.9. The van der Waals surface area contributed by atoms with Crippen molar-refractivity contribution in [1.82, 2.24) is 25.5 Å². The van der Waals surface area contributed by atoms with E-state index in [1.165, 1.54) is 0 Å². The summed E-state index contributed by atoms with van der Waals surface area (Å²) >= 11 is 0. The highest BCUT2D eigenvalue weighted by atomic mass is 16.5. The smallest absolute Gasteiger partial charge is 0.256 e. The van der Waals surface area contributed by atoms with Crippen LogP contribution in [0.4, 0.5) is 0 Å². The molecule has 3 heterocycles. The highest BCUT2D eigenvalue weighted by Crippen LogP contribution is 2.36. The monoisotopic (exact) mass is 520 g/mol. The third-order valence-corrected chi connectivity index (χ3v) is 7.69. The van der Waals surface area contributed by atoms with E-state index in [0.717, 1.165) is 58.5 Å². The summed E-state index contributed by atoms with van der Waals surface area (Å²) in [6.45, 7) is 3.86. The van der Waals surface area contributed by atoms with E-state index >= 15 is 0 Å². The second-order valence-corrected chi connectivity index (χ2v) is 10.2. The molecule has 3 aromatic carbocycles. The van der Waals surface area contributed by atoms with Crippen LogP contribution in [0.25, 0.3) is 33.6 Å². The van der Waals surface area contributed by atoms with Crippen LogP contribution in [0.15, 0.2) is 77.8 Å². The molecule has 0 radical (unpaired) electrons. The van der Waals surface area contributed by atoms with Gasteiger partial charge >= 0.3 is 0 Å². The molecular formula is C31H32N6O2. The minimum Gasteiger partial charge on any atom is -0.381 e. The van der Waals surface area contributed by atoms with Crippen molar-refractivity contribution in [2.45, 2.75) is 51.1 Å². The van der Waals surface area contributed by atoms with Crippen LogP contribution in [0.1, 0.15) is 44.6 Å². The van der Waals surface area contributed by atoms with Crippen molar-refractivity contribution in [1.29, 1.82) is 0 Å². The number of carbonyl (C=O) groups excluding carboxylic acids is 1. The molecule has 0 saturated carbocycles. The Kier molecular flexibility index (Phi) is 7.02. The molecule has 1 saturated heterocycles. The van der Waals surface area contributed by atoms with Crippen LogP contribution in [0, 0.1) is 0 Å². The zero-order valence-corrected chi connectivity index (χ0v) is 22.1. The first-order chi connectivity index (χ1) is 19.2. The van der Waals surface area contributed by atoms with Crippen LogP contribution >= 0.6 is 0 Å². The maximum absolute atomic E-state index is 13.6. The first-order valence-corrected chi connectivity index (χ1v) is 13.7. The van der Waals surface area contributed by atoms with Gasteiger partial charge in [-0.05, 0) is 51.6 Å². The van der Waals surface area contributed by atoms with E-state index in [9.17, 15) is 4.79 Å². The van der Waals surface area contributed by atoms with Crippen LogP contribution in [-0.4, -0.2) is 56.0 Å². The number of tetrazole rings is 1. The molecule has 1 N–H and O–H groups in total. The van der Waals surface area contributed by atoms with Crippen LogP contribution in [-0.2, 0) is 16.1 Å². The van der Waals surface area contributed by atoms with E-state index in [1.54, 1.807) is 0 Å². The summed E-state index contributed by atoms with van der Waals surface area (Å²) in [5.74, 6) is 1.59. The predicted octanol–water partition coefficient (Wildman–Crippen LogP) is 5.68. The summed E-state index contributed by atoms with van der Waals surface area (Å²) in [4.78, 5) is 20.6. The third-order valence-electron chi connectivity index (χ3n) is 7.69. The van der Waals surface area contributed by atoms with Gasteiger partial charge in [-0.2, -0.15) is 5.21 Å². The molecular weight excluding hydrogens is 488 g/mol. The van der Waals surface area contributed by atoms with Crippen molar-refractivity contribution < 1.29 is 9.53 Å². The number of amides is 1. The van der Waals surface area contributed by atoms with E-state index in [0.29, 0.717) is 38.4 Å². The van der Waals surface area contributed by atoms with Gasteiger partial charge in [0.15, 0.2) is 0 Å². The van der Waals surface area contributed by atoms with Crippen LogP contribution < -0.4 is 0 Å². The zero-order valence-electron chi connectivity index (χ0n) is 22.1. The van der Waals surface area contributed by atoms with Gasteiger partial charge in [-0.3, -0.25) is 14.7 Å². The van der Waals surface area contributed by atoms with Crippen molar-refractivity contribution in [3.63, 3.8) is 0 Å². The van der Waals surface area contributed by atoms with E-state index in [1.807, 2.05) is 29.2 Å². The number of aromatic amines is 1. The maximum Gasteiger partial charge on any atom is 0.256 e. The molecule has 8 heteroatoms. The number of hydrogen-bond acceptors (Lipinski definition) is 6. The lowest BCUT2D eigenvalue weighted by molar-refractivity contribution is -0.134. The fourth-order valence-corrected chi connectivity index (χ4v) is 5.48. The van der Waals surface area contributed by atoms with Crippen LogP contribution in [0.2, 0.25) is 0 Å². The molecule has 0 atom stereocenters. The molecule has 1 fully saturated rings. The average molecular weight is 521 g/mol. The molecule has 6 rings (SSSR count). The number of H-pyrrole nitrogens is 1. The Labute approximate surface area is 228 Å². The molecule has 4 aromatic rings. The molecule has 2 aliphatic heterocycles. The van der Waals surface area contributed by atoms with Gasteiger partial charge in [-0.15, -0.1) is 10.2 Å². The summed E-state index contributed by atoms with van der Waals surface area (Å²) in [5.41, 5.74) is 5.66. The van der Waals surface area contributed by atoms with Crippen molar-refractivity contribution >= 4 is 11.7 Å². The molecule has 198 valence electrons. The normalized spacial score (nSPS) is 16.6. The van der Waals surface area contributed by atoms with E-state index in [-0.39, 0.29) is 5.91 Å². The Morgan fingerprint density at radius 2 is 1.69 bits per heavy atom.